The van der Waals surface area contributed by atoms with E-state index in [9.17, 15) is 13.2 Å². The molecule has 0 saturated carbocycles. The van der Waals surface area contributed by atoms with Crippen molar-refractivity contribution < 1.29 is 13.2 Å². The number of H-pyrrole nitrogens is 1. The minimum atomic E-state index is -3.67. The van der Waals surface area contributed by atoms with E-state index in [-0.39, 0.29) is 15.7 Å². The number of carbonyl (C=O) groups is 1. The maximum Gasteiger partial charge on any atom is 0.253 e. The molecule has 1 amide bonds. The quantitative estimate of drug-likeness (QED) is 0.718. The highest BCUT2D eigenvalue weighted by Crippen LogP contribution is 2.30. The molecule has 0 radical (unpaired) electrons. The van der Waals surface area contributed by atoms with Crippen LogP contribution < -0.4 is 5.32 Å². The number of halogens is 1. The number of aromatic nitrogens is 1. The Morgan fingerprint density at radius 2 is 1.83 bits per heavy atom. The van der Waals surface area contributed by atoms with Gasteiger partial charge >= 0.3 is 0 Å². The number of benzene rings is 2. The first-order valence-corrected chi connectivity index (χ1v) is 9.05. The van der Waals surface area contributed by atoms with Crippen molar-refractivity contribution >= 4 is 42.6 Å². The summed E-state index contributed by atoms with van der Waals surface area (Å²) in [4.78, 5) is 15.2. The van der Waals surface area contributed by atoms with Gasteiger partial charge in [0.25, 0.3) is 5.91 Å². The molecule has 2 aromatic carbocycles. The first-order valence-electron chi connectivity index (χ1n) is 6.78. The van der Waals surface area contributed by atoms with Crippen LogP contribution in [0.3, 0.4) is 0 Å². The first-order chi connectivity index (χ1) is 10.9. The van der Waals surface area contributed by atoms with Crippen LogP contribution in [0.25, 0.3) is 10.9 Å². The fourth-order valence-electron chi connectivity index (χ4n) is 2.42. The lowest BCUT2D eigenvalue weighted by molar-refractivity contribution is 0.0964. The van der Waals surface area contributed by atoms with Crippen molar-refractivity contribution in [3.05, 3.63) is 58.7 Å². The minimum absolute atomic E-state index is 0.153. The lowest BCUT2D eigenvalue weighted by Gasteiger charge is -2.05. The Morgan fingerprint density at radius 1 is 1.13 bits per heavy atom. The lowest BCUT2D eigenvalue weighted by atomic mass is 10.1. The van der Waals surface area contributed by atoms with Gasteiger partial charge in [-0.3, -0.25) is 4.79 Å². The van der Waals surface area contributed by atoms with Crippen molar-refractivity contribution in [1.29, 1.82) is 0 Å². The van der Waals surface area contributed by atoms with Crippen LogP contribution in [0.15, 0.2) is 62.9 Å². The van der Waals surface area contributed by atoms with Gasteiger partial charge in [0.15, 0.2) is 0 Å². The van der Waals surface area contributed by atoms with Gasteiger partial charge in [0.2, 0.25) is 9.84 Å². The van der Waals surface area contributed by atoms with Gasteiger partial charge in [-0.25, -0.2) is 8.42 Å². The molecule has 3 aromatic rings. The fraction of sp³-hybridized carbons (Fsp3) is 0.0625. The predicted octanol–water partition coefficient (Wildman–Crippen LogP) is 3.12. The van der Waals surface area contributed by atoms with Gasteiger partial charge in [0.1, 0.15) is 0 Å². The van der Waals surface area contributed by atoms with Crippen LogP contribution in [0.2, 0.25) is 0 Å². The van der Waals surface area contributed by atoms with E-state index in [1.54, 1.807) is 42.5 Å². The summed E-state index contributed by atoms with van der Waals surface area (Å²) in [5.74, 6) is -0.273. The maximum atomic E-state index is 12.8. The first kappa shape index (κ1) is 15.8. The molecule has 0 unspecified atom stereocenters. The largest absolute Gasteiger partial charge is 0.359 e. The number of para-hydroxylation sites is 1. The Kier molecular flexibility index (Phi) is 3.99. The van der Waals surface area contributed by atoms with Gasteiger partial charge in [-0.2, -0.15) is 0 Å². The van der Waals surface area contributed by atoms with Crippen LogP contribution in [0, 0.1) is 0 Å². The highest BCUT2D eigenvalue weighted by atomic mass is 79.9. The summed E-state index contributed by atoms with van der Waals surface area (Å²) in [7, 11) is -2.14. The minimum Gasteiger partial charge on any atom is -0.359 e. The van der Waals surface area contributed by atoms with E-state index in [4.69, 9.17) is 0 Å². The van der Waals surface area contributed by atoms with E-state index in [2.05, 4.69) is 26.2 Å². The molecular formula is C16H13BrN2O3S. The molecule has 5 nitrogen and oxygen atoms in total. The second-order valence-corrected chi connectivity index (χ2v) is 7.75. The topological polar surface area (TPSA) is 79.0 Å². The summed E-state index contributed by atoms with van der Waals surface area (Å²) in [5.41, 5.74) is 0.907. The molecule has 0 aliphatic heterocycles. The number of hydrogen-bond donors (Lipinski definition) is 2. The zero-order valence-electron chi connectivity index (χ0n) is 12.1. The van der Waals surface area contributed by atoms with Crippen molar-refractivity contribution in [3.63, 3.8) is 0 Å². The van der Waals surface area contributed by atoms with Crippen molar-refractivity contribution in [2.45, 2.75) is 9.79 Å². The molecule has 0 spiro atoms. The number of rotatable bonds is 3. The van der Waals surface area contributed by atoms with E-state index in [0.717, 1.165) is 4.47 Å². The summed E-state index contributed by atoms with van der Waals surface area (Å²) >= 11 is 3.29. The number of sulfone groups is 1. The molecular weight excluding hydrogens is 380 g/mol. The van der Waals surface area contributed by atoms with E-state index in [0.29, 0.717) is 16.5 Å². The normalized spacial score (nSPS) is 11.6. The highest BCUT2D eigenvalue weighted by molar-refractivity contribution is 9.10. The third-order valence-corrected chi connectivity index (χ3v) is 5.90. The van der Waals surface area contributed by atoms with Crippen LogP contribution in [-0.4, -0.2) is 26.4 Å². The van der Waals surface area contributed by atoms with Gasteiger partial charge in [-0.15, -0.1) is 0 Å². The average Bonchev–Trinajstić information content (AvgIpc) is 2.99. The molecule has 1 heterocycles. The van der Waals surface area contributed by atoms with Gasteiger partial charge in [0.05, 0.1) is 20.9 Å². The molecule has 0 fully saturated rings. The Bertz CT molecular complexity index is 992. The molecule has 7 heteroatoms. The van der Waals surface area contributed by atoms with Crippen molar-refractivity contribution in [3.8, 4) is 0 Å². The van der Waals surface area contributed by atoms with Crippen LogP contribution in [0.1, 0.15) is 10.4 Å². The Morgan fingerprint density at radius 3 is 2.48 bits per heavy atom. The number of aromatic amines is 1. The molecule has 0 aliphatic rings. The number of nitrogens with one attached hydrogen (secondary N) is 2. The molecule has 2 N–H and O–H groups in total. The van der Waals surface area contributed by atoms with E-state index in [1.807, 2.05) is 0 Å². The standard InChI is InChI=1S/C16H13BrN2O3S/c1-18-16(20)13-4-2-3-12-14(9-19-15(12)13)23(21,22)11-7-5-10(17)6-8-11/h2-9,19H,1H3,(H,18,20). The number of fused-ring (bicyclic) bond motifs is 1. The lowest BCUT2D eigenvalue weighted by Crippen LogP contribution is -2.18. The monoisotopic (exact) mass is 392 g/mol. The second kappa shape index (κ2) is 5.82. The predicted molar refractivity (Wildman–Crippen MR) is 91.3 cm³/mol. The number of hydrogen-bond acceptors (Lipinski definition) is 3. The van der Waals surface area contributed by atoms with Gasteiger partial charge in [0, 0.05) is 23.1 Å². The summed E-state index contributed by atoms with van der Waals surface area (Å²) in [5, 5.41) is 3.04. The van der Waals surface area contributed by atoms with Crippen molar-refractivity contribution in [2.75, 3.05) is 7.05 Å². The Labute approximate surface area is 141 Å². The summed E-state index contributed by atoms with van der Waals surface area (Å²) in [6, 6.07) is 11.4. The van der Waals surface area contributed by atoms with Crippen LogP contribution in [-0.2, 0) is 9.84 Å². The van der Waals surface area contributed by atoms with E-state index in [1.165, 1.54) is 13.2 Å². The third kappa shape index (κ3) is 2.66. The van der Waals surface area contributed by atoms with Gasteiger partial charge in [-0.05, 0) is 30.3 Å². The summed E-state index contributed by atoms with van der Waals surface area (Å²) in [6.45, 7) is 0. The van der Waals surface area contributed by atoms with Gasteiger partial charge in [-0.1, -0.05) is 28.1 Å². The summed E-state index contributed by atoms with van der Waals surface area (Å²) in [6.07, 6.45) is 1.43. The number of amides is 1. The van der Waals surface area contributed by atoms with Gasteiger partial charge < -0.3 is 10.3 Å². The fourth-order valence-corrected chi connectivity index (χ4v) is 4.10. The van der Waals surface area contributed by atoms with Crippen molar-refractivity contribution in [2.24, 2.45) is 0 Å². The maximum absolute atomic E-state index is 12.8. The molecule has 0 saturated heterocycles. The zero-order chi connectivity index (χ0) is 16.6. The Balaban J connectivity index is 2.21. The molecule has 1 aromatic heterocycles. The molecule has 0 bridgehead atoms. The molecule has 118 valence electrons. The Hall–Kier alpha value is -2.12. The SMILES string of the molecule is CNC(=O)c1cccc2c(S(=O)(=O)c3ccc(Br)cc3)c[nH]c12. The molecule has 0 atom stereocenters. The molecule has 3 rings (SSSR count). The van der Waals surface area contributed by atoms with E-state index < -0.39 is 9.84 Å². The second-order valence-electron chi connectivity index (χ2n) is 4.92. The third-order valence-electron chi connectivity index (χ3n) is 3.56. The van der Waals surface area contributed by atoms with Crippen LogP contribution >= 0.6 is 15.9 Å². The summed E-state index contributed by atoms with van der Waals surface area (Å²) < 4.78 is 26.5. The number of carbonyl (C=O) groups excluding carboxylic acids is 1. The molecule has 0 aliphatic carbocycles. The average molecular weight is 393 g/mol. The molecule has 23 heavy (non-hydrogen) atoms. The smallest absolute Gasteiger partial charge is 0.253 e. The van der Waals surface area contributed by atoms with E-state index >= 15 is 0 Å². The van der Waals surface area contributed by atoms with Crippen molar-refractivity contribution in [1.82, 2.24) is 10.3 Å². The van der Waals surface area contributed by atoms with Crippen LogP contribution in [0.5, 0.6) is 0 Å². The highest BCUT2D eigenvalue weighted by Gasteiger charge is 2.23. The van der Waals surface area contributed by atoms with Crippen LogP contribution in [0.4, 0.5) is 0 Å². The zero-order valence-corrected chi connectivity index (χ0v) is 14.5.